The minimum atomic E-state index is -2.33. The zero-order chi connectivity index (χ0) is 18.9. The van der Waals surface area contributed by atoms with Crippen LogP contribution in [0, 0.1) is 0 Å². The molecule has 1 heteroatoms. The third-order valence-electron chi connectivity index (χ3n) is 5.31. The molecular weight excluding hydrogens is 375 g/mol. The van der Waals surface area contributed by atoms with Crippen LogP contribution in [-0.2, 0) is 0 Å². The first-order chi connectivity index (χ1) is 12.5. The van der Waals surface area contributed by atoms with Gasteiger partial charge < -0.3 is 0 Å². The Bertz CT molecular complexity index is 610. The van der Waals surface area contributed by atoms with Gasteiger partial charge in [-0.2, -0.15) is 0 Å². The summed E-state index contributed by atoms with van der Waals surface area (Å²) in [7, 11) is 0. The molecule has 0 nitrogen and oxygen atoms in total. The number of rotatable bonds is 9. The van der Waals surface area contributed by atoms with E-state index in [1.165, 1.54) is 37.3 Å². The predicted octanol–water partition coefficient (Wildman–Crippen LogP) is 6.58. The van der Waals surface area contributed by atoms with Crippen molar-refractivity contribution in [1.29, 1.82) is 0 Å². The monoisotopic (exact) mass is 411 g/mol. The van der Waals surface area contributed by atoms with Gasteiger partial charge in [0.15, 0.2) is 0 Å². The summed E-state index contributed by atoms with van der Waals surface area (Å²) in [5, 5.41) is 1.31. The Morgan fingerprint density at radius 2 is 1.23 bits per heavy atom. The van der Waals surface area contributed by atoms with E-state index in [-0.39, 0.29) is 0 Å². The van der Waals surface area contributed by atoms with Gasteiger partial charge in [0.05, 0.1) is 0 Å². The molecule has 0 heterocycles. The zero-order valence-electron chi connectivity index (χ0n) is 17.1. The van der Waals surface area contributed by atoms with Crippen molar-refractivity contribution in [2.45, 2.75) is 69.2 Å². The maximum absolute atomic E-state index is 2.46. The predicted molar refractivity (Wildman–Crippen MR) is 120 cm³/mol. The SMILES string of the molecule is CCCCC/C=C\CC[As+](c1ccccc1)(c1ccccc1)C(C)(C)C. The quantitative estimate of drug-likeness (QED) is 0.248. The molecule has 0 aliphatic carbocycles. The molecule has 0 aromatic heterocycles. The summed E-state index contributed by atoms with van der Waals surface area (Å²) in [6, 6.07) is 22.7. The van der Waals surface area contributed by atoms with Crippen LogP contribution in [0.1, 0.15) is 59.8 Å². The summed E-state index contributed by atoms with van der Waals surface area (Å²) in [6.45, 7) is 9.66. The van der Waals surface area contributed by atoms with Gasteiger partial charge in [0.2, 0.25) is 0 Å². The Balaban J connectivity index is 2.32. The Hall–Kier alpha value is -1.26. The maximum atomic E-state index is 2.46. The summed E-state index contributed by atoms with van der Waals surface area (Å²) in [5.41, 5.74) is 0. The summed E-state index contributed by atoms with van der Waals surface area (Å²) in [6.07, 6.45) is 11.3. The average molecular weight is 411 g/mol. The van der Waals surface area contributed by atoms with E-state index in [9.17, 15) is 0 Å². The molecule has 2 rings (SSSR count). The molecule has 0 amide bonds. The molecule has 0 atom stereocenters. The first kappa shape index (κ1) is 21.0. The van der Waals surface area contributed by atoms with E-state index in [0.29, 0.717) is 4.20 Å². The Kier molecular flexibility index (Phi) is 8.23. The van der Waals surface area contributed by atoms with Crippen molar-refractivity contribution in [3.05, 3.63) is 72.8 Å². The number of hydrogen-bond donors (Lipinski definition) is 0. The van der Waals surface area contributed by atoms with Gasteiger partial charge in [-0.25, -0.2) is 0 Å². The van der Waals surface area contributed by atoms with E-state index in [0.717, 1.165) is 0 Å². The van der Waals surface area contributed by atoms with Crippen LogP contribution in [-0.4, -0.2) is 13.6 Å². The van der Waals surface area contributed by atoms with E-state index < -0.39 is 13.6 Å². The topological polar surface area (TPSA) is 0 Å². The van der Waals surface area contributed by atoms with Crippen molar-refractivity contribution < 1.29 is 0 Å². The molecule has 0 bridgehead atoms. The second kappa shape index (κ2) is 10.2. The molecule has 0 unspecified atom stereocenters. The molecule has 0 fully saturated rings. The fourth-order valence-electron chi connectivity index (χ4n) is 3.90. The van der Waals surface area contributed by atoms with Gasteiger partial charge >= 0.3 is 164 Å². The molecular formula is C25H36As+. The molecule has 0 aliphatic heterocycles. The van der Waals surface area contributed by atoms with Gasteiger partial charge in [-0.05, 0) is 0 Å². The average Bonchev–Trinajstić information content (AvgIpc) is 2.64. The number of unbranched alkanes of at least 4 members (excludes halogenated alkanes) is 3. The van der Waals surface area contributed by atoms with E-state index in [4.69, 9.17) is 0 Å². The fraction of sp³-hybridized carbons (Fsp3) is 0.440. The van der Waals surface area contributed by atoms with Gasteiger partial charge in [0, 0.05) is 0 Å². The first-order valence-corrected chi connectivity index (χ1v) is 14.3. The van der Waals surface area contributed by atoms with Crippen LogP contribution in [0.2, 0.25) is 9.41 Å². The van der Waals surface area contributed by atoms with Crippen LogP contribution in [0.3, 0.4) is 0 Å². The van der Waals surface area contributed by atoms with Gasteiger partial charge in [-0.1, -0.05) is 0 Å². The Morgan fingerprint density at radius 1 is 0.731 bits per heavy atom. The van der Waals surface area contributed by atoms with Crippen LogP contribution < -0.4 is 8.70 Å². The molecule has 0 saturated carbocycles. The van der Waals surface area contributed by atoms with E-state index >= 15 is 0 Å². The second-order valence-electron chi connectivity index (χ2n) is 8.13. The van der Waals surface area contributed by atoms with Crippen molar-refractivity contribution in [3.63, 3.8) is 0 Å². The van der Waals surface area contributed by atoms with E-state index in [2.05, 4.69) is 101 Å². The summed E-state index contributed by atoms with van der Waals surface area (Å²) >= 11 is -2.33. The molecule has 0 N–H and O–H groups in total. The zero-order valence-corrected chi connectivity index (χ0v) is 19.0. The number of allylic oxidation sites excluding steroid dienone is 2. The molecule has 0 radical (unpaired) electrons. The van der Waals surface area contributed by atoms with Gasteiger partial charge in [0.25, 0.3) is 0 Å². The van der Waals surface area contributed by atoms with Crippen molar-refractivity contribution in [1.82, 2.24) is 0 Å². The third kappa shape index (κ3) is 5.14. The molecule has 140 valence electrons. The van der Waals surface area contributed by atoms with Crippen molar-refractivity contribution in [2.24, 2.45) is 0 Å². The van der Waals surface area contributed by atoms with Crippen molar-refractivity contribution in [3.8, 4) is 0 Å². The molecule has 0 aliphatic rings. The van der Waals surface area contributed by atoms with Crippen LogP contribution in [0.4, 0.5) is 0 Å². The summed E-state index contributed by atoms with van der Waals surface area (Å²) in [5.74, 6) is 0. The number of benzene rings is 2. The molecule has 2 aromatic carbocycles. The third-order valence-corrected chi connectivity index (χ3v) is 17.0. The van der Waals surface area contributed by atoms with Gasteiger partial charge in [-0.3, -0.25) is 0 Å². The van der Waals surface area contributed by atoms with Crippen LogP contribution in [0.15, 0.2) is 72.8 Å². The standard InChI is InChI=1S/C25H36As/c1-5-6-7-8-9-10-17-22-26(25(2,3)4,23-18-13-11-14-19-23)24-20-15-12-16-21-24/h9-16,18-21H,5-8,17,22H2,1-4H3/q+1/b10-9-. The van der Waals surface area contributed by atoms with Crippen LogP contribution >= 0.6 is 0 Å². The normalized spacial score (nSPS) is 12.6. The van der Waals surface area contributed by atoms with Gasteiger partial charge in [-0.15, -0.1) is 0 Å². The van der Waals surface area contributed by atoms with Crippen LogP contribution in [0.25, 0.3) is 0 Å². The molecule has 0 spiro atoms. The first-order valence-electron chi connectivity index (χ1n) is 10.2. The fourth-order valence-corrected chi connectivity index (χ4v) is 14.2. The Morgan fingerprint density at radius 3 is 1.69 bits per heavy atom. The van der Waals surface area contributed by atoms with Crippen LogP contribution in [0.5, 0.6) is 0 Å². The van der Waals surface area contributed by atoms with Crippen molar-refractivity contribution in [2.75, 3.05) is 0 Å². The molecule has 2 aromatic rings. The minimum absolute atomic E-state index is 0.303. The molecule has 26 heavy (non-hydrogen) atoms. The van der Waals surface area contributed by atoms with Crippen molar-refractivity contribution >= 4 is 22.3 Å². The molecule has 0 saturated heterocycles. The summed E-state index contributed by atoms with van der Waals surface area (Å²) in [4.78, 5) is 0. The second-order valence-corrected chi connectivity index (χ2v) is 17.4. The van der Waals surface area contributed by atoms with E-state index in [1.54, 1.807) is 8.70 Å². The summed E-state index contributed by atoms with van der Waals surface area (Å²) < 4.78 is 3.50. The number of hydrogen-bond acceptors (Lipinski definition) is 0. The Labute approximate surface area is 164 Å². The van der Waals surface area contributed by atoms with Gasteiger partial charge in [0.1, 0.15) is 0 Å². The van der Waals surface area contributed by atoms with E-state index in [1.807, 2.05) is 0 Å².